The number of benzene rings is 3. The third-order valence-electron chi connectivity index (χ3n) is 6.46. The zero-order valence-electron chi connectivity index (χ0n) is 21.5. The van der Waals surface area contributed by atoms with Gasteiger partial charge in [0, 0.05) is 11.1 Å². The maximum Gasteiger partial charge on any atom is 0.416 e. The highest BCUT2D eigenvalue weighted by Gasteiger charge is 2.38. The monoisotopic (exact) mass is 555 g/mol. The number of nitrogens with two attached hydrogens (primary N) is 1. The normalized spacial score (nSPS) is 13.1. The summed E-state index contributed by atoms with van der Waals surface area (Å²) >= 11 is 0. The molecule has 2 amide bonds. The Bertz CT molecular complexity index is 1630. The molecule has 0 aliphatic carbocycles. The lowest BCUT2D eigenvalue weighted by Crippen LogP contribution is -2.54. The highest BCUT2D eigenvalue weighted by molar-refractivity contribution is 5.91. The molecule has 0 saturated heterocycles. The second kappa shape index (κ2) is 10.8. The van der Waals surface area contributed by atoms with E-state index in [-0.39, 0.29) is 23.5 Å². The van der Waals surface area contributed by atoms with Gasteiger partial charge < -0.3 is 11.1 Å². The molecule has 40 heavy (non-hydrogen) atoms. The molecule has 8 nitrogen and oxygen atoms in total. The van der Waals surface area contributed by atoms with Crippen LogP contribution in [0.3, 0.4) is 0 Å². The number of halogens is 4. The molecule has 0 bridgehead atoms. The van der Waals surface area contributed by atoms with Crippen molar-refractivity contribution >= 4 is 11.8 Å². The van der Waals surface area contributed by atoms with Gasteiger partial charge in [-0.2, -0.15) is 13.2 Å². The molecule has 0 radical (unpaired) electrons. The quantitative estimate of drug-likeness (QED) is 0.323. The lowest BCUT2D eigenvalue weighted by Gasteiger charge is -2.28. The fourth-order valence-corrected chi connectivity index (χ4v) is 4.14. The fraction of sp³-hybridized carbons (Fsp3) is 0.214. The van der Waals surface area contributed by atoms with Crippen LogP contribution in [-0.4, -0.2) is 26.2 Å². The Morgan fingerprint density at radius 2 is 1.62 bits per heavy atom. The van der Waals surface area contributed by atoms with Crippen LogP contribution in [0.1, 0.15) is 29.2 Å². The number of primary amides is 1. The zero-order valence-corrected chi connectivity index (χ0v) is 21.5. The molecule has 0 saturated carbocycles. The molecule has 12 heteroatoms. The fourth-order valence-electron chi connectivity index (χ4n) is 4.14. The summed E-state index contributed by atoms with van der Waals surface area (Å²) in [4.78, 5) is 38.7. The van der Waals surface area contributed by atoms with E-state index in [1.165, 1.54) is 35.8 Å². The van der Waals surface area contributed by atoms with Crippen LogP contribution in [0.5, 0.6) is 0 Å². The third-order valence-corrected chi connectivity index (χ3v) is 6.46. The first-order valence-corrected chi connectivity index (χ1v) is 12.1. The predicted molar refractivity (Wildman–Crippen MR) is 138 cm³/mol. The summed E-state index contributed by atoms with van der Waals surface area (Å²) in [6.07, 6.45) is -4.69. The molecule has 0 aliphatic rings. The molecule has 4 rings (SSSR count). The van der Waals surface area contributed by atoms with E-state index in [1.807, 2.05) is 6.92 Å². The van der Waals surface area contributed by atoms with Gasteiger partial charge in [0.15, 0.2) is 5.82 Å². The van der Waals surface area contributed by atoms with Crippen LogP contribution in [0.4, 0.5) is 17.6 Å². The van der Waals surface area contributed by atoms with Crippen LogP contribution in [0.2, 0.25) is 0 Å². The molecule has 1 heterocycles. The van der Waals surface area contributed by atoms with Gasteiger partial charge in [0.1, 0.15) is 17.9 Å². The molecule has 4 aromatic rings. The molecule has 1 aromatic heterocycles. The van der Waals surface area contributed by atoms with Crippen molar-refractivity contribution in [2.24, 2.45) is 5.73 Å². The molecule has 3 aromatic carbocycles. The maximum atomic E-state index is 14.4. The number of hydrogen-bond donors (Lipinski definition) is 2. The SMILES string of the molecule is Cc1ccc(-c2nn(CC(=O)NC(C)(C(N)=O)c3cccc(C(F)(F)F)c3)c(=O)n2Cc2ccccc2F)cc1. The van der Waals surface area contributed by atoms with Crippen LogP contribution in [0.25, 0.3) is 11.4 Å². The number of carbonyl (C=O) groups is 2. The minimum absolute atomic E-state index is 0.164. The van der Waals surface area contributed by atoms with Crippen molar-refractivity contribution in [3.05, 3.63) is 111 Å². The van der Waals surface area contributed by atoms with Crippen LogP contribution in [0.15, 0.2) is 77.6 Å². The van der Waals surface area contributed by atoms with Crippen molar-refractivity contribution < 1.29 is 27.2 Å². The lowest BCUT2D eigenvalue weighted by atomic mass is 9.89. The standard InChI is InChI=1S/C28H25F4N5O3/c1-17-10-12-18(13-11-17)24-35-37(26(40)36(24)15-19-6-3-4-9-22(19)29)16-23(38)34-27(2,25(33)39)20-7-5-8-21(14-20)28(30,31)32/h3-14H,15-16H2,1-2H3,(H2,33,39)(H,34,38). The molecule has 0 aliphatic heterocycles. The number of carbonyl (C=O) groups excluding carboxylic acids is 2. The number of alkyl halides is 3. The van der Waals surface area contributed by atoms with Crippen LogP contribution >= 0.6 is 0 Å². The third kappa shape index (κ3) is 5.80. The molecule has 3 N–H and O–H groups in total. The van der Waals surface area contributed by atoms with E-state index in [0.717, 1.165) is 28.4 Å². The van der Waals surface area contributed by atoms with Crippen LogP contribution in [-0.2, 0) is 34.4 Å². The first kappa shape index (κ1) is 28.3. The Balaban J connectivity index is 1.69. The van der Waals surface area contributed by atoms with Crippen molar-refractivity contribution in [3.63, 3.8) is 0 Å². The van der Waals surface area contributed by atoms with Gasteiger partial charge in [0.25, 0.3) is 0 Å². The van der Waals surface area contributed by atoms with Gasteiger partial charge in [-0.05, 0) is 37.6 Å². The van der Waals surface area contributed by atoms with Crippen molar-refractivity contribution in [1.82, 2.24) is 19.7 Å². The largest absolute Gasteiger partial charge is 0.416 e. The average molecular weight is 556 g/mol. The molecule has 1 unspecified atom stereocenters. The highest BCUT2D eigenvalue weighted by atomic mass is 19.4. The summed E-state index contributed by atoms with van der Waals surface area (Å²) in [5.41, 5.74) is 3.19. The average Bonchev–Trinajstić information content (AvgIpc) is 3.19. The Kier molecular flexibility index (Phi) is 7.63. The molecule has 0 fully saturated rings. The van der Waals surface area contributed by atoms with Gasteiger partial charge in [-0.15, -0.1) is 5.10 Å². The Morgan fingerprint density at radius 1 is 0.975 bits per heavy atom. The van der Waals surface area contributed by atoms with Crippen molar-refractivity contribution in [3.8, 4) is 11.4 Å². The Labute approximate surface area is 226 Å². The molecule has 208 valence electrons. The summed E-state index contributed by atoms with van der Waals surface area (Å²) in [5.74, 6) is -2.39. The van der Waals surface area contributed by atoms with E-state index in [1.54, 1.807) is 30.3 Å². The summed E-state index contributed by atoms with van der Waals surface area (Å²) in [5, 5.41) is 6.64. The number of aryl methyl sites for hydroxylation is 1. The Hall–Kier alpha value is -4.74. The number of aromatic nitrogens is 3. The molecule has 0 spiro atoms. The van der Waals surface area contributed by atoms with E-state index >= 15 is 0 Å². The number of nitrogens with one attached hydrogen (secondary N) is 1. The molecule has 1 atom stereocenters. The van der Waals surface area contributed by atoms with Gasteiger partial charge in [0.05, 0.1) is 12.1 Å². The minimum atomic E-state index is -4.69. The maximum absolute atomic E-state index is 14.4. The lowest BCUT2D eigenvalue weighted by molar-refractivity contribution is -0.138. The van der Waals surface area contributed by atoms with Gasteiger partial charge in [-0.3, -0.25) is 14.2 Å². The molecular weight excluding hydrogens is 530 g/mol. The summed E-state index contributed by atoms with van der Waals surface area (Å²) < 4.78 is 56.2. The number of amides is 2. The van der Waals surface area contributed by atoms with Crippen molar-refractivity contribution in [1.29, 1.82) is 0 Å². The number of hydrogen-bond acceptors (Lipinski definition) is 4. The van der Waals surface area contributed by atoms with E-state index in [9.17, 15) is 31.9 Å². The van der Waals surface area contributed by atoms with Crippen LogP contribution in [0, 0.1) is 12.7 Å². The van der Waals surface area contributed by atoms with Crippen molar-refractivity contribution in [2.45, 2.75) is 38.7 Å². The summed E-state index contributed by atoms with van der Waals surface area (Å²) in [6, 6.07) is 16.8. The van der Waals surface area contributed by atoms with Gasteiger partial charge in [-0.25, -0.2) is 13.9 Å². The Morgan fingerprint density at radius 3 is 2.25 bits per heavy atom. The smallest absolute Gasteiger partial charge is 0.367 e. The first-order valence-electron chi connectivity index (χ1n) is 12.1. The number of nitrogens with zero attached hydrogens (tertiary/aromatic N) is 3. The van der Waals surface area contributed by atoms with E-state index < -0.39 is 47.1 Å². The van der Waals surface area contributed by atoms with E-state index in [0.29, 0.717) is 5.56 Å². The predicted octanol–water partition coefficient (Wildman–Crippen LogP) is 3.74. The molecular formula is C28H25F4N5O3. The second-order valence-electron chi connectivity index (χ2n) is 9.42. The summed E-state index contributed by atoms with van der Waals surface area (Å²) in [6.45, 7) is 2.17. The summed E-state index contributed by atoms with van der Waals surface area (Å²) in [7, 11) is 0. The van der Waals surface area contributed by atoms with Gasteiger partial charge >= 0.3 is 11.9 Å². The van der Waals surface area contributed by atoms with Crippen molar-refractivity contribution in [2.75, 3.05) is 0 Å². The number of rotatable bonds is 8. The minimum Gasteiger partial charge on any atom is -0.367 e. The zero-order chi connectivity index (χ0) is 29.2. The second-order valence-corrected chi connectivity index (χ2v) is 9.42. The van der Waals surface area contributed by atoms with E-state index in [2.05, 4.69) is 10.4 Å². The van der Waals surface area contributed by atoms with Gasteiger partial charge in [-0.1, -0.05) is 60.2 Å². The van der Waals surface area contributed by atoms with Crippen LogP contribution < -0.4 is 16.7 Å². The topological polar surface area (TPSA) is 112 Å². The highest BCUT2D eigenvalue weighted by Crippen LogP contribution is 2.32. The first-order chi connectivity index (χ1) is 18.8. The van der Waals surface area contributed by atoms with E-state index in [4.69, 9.17) is 5.73 Å². The van der Waals surface area contributed by atoms with Gasteiger partial charge in [0.2, 0.25) is 11.8 Å².